The topological polar surface area (TPSA) is 136 Å². The quantitative estimate of drug-likeness (QED) is 0.211. The number of nitrogens with one attached hydrogen (secondary N) is 3. The number of likely N-dealkylation sites (N-methyl/N-ethyl adjacent to an activating group) is 1. The summed E-state index contributed by atoms with van der Waals surface area (Å²) in [7, 11) is 3.98. The zero-order chi connectivity index (χ0) is 34.0. The van der Waals surface area contributed by atoms with Gasteiger partial charge in [0.2, 0.25) is 11.8 Å². The molecule has 1 aromatic carbocycles. The second-order valence-corrected chi connectivity index (χ2v) is 14.8. The van der Waals surface area contributed by atoms with Gasteiger partial charge in [0, 0.05) is 6.54 Å². The highest BCUT2D eigenvalue weighted by Crippen LogP contribution is 2.42. The van der Waals surface area contributed by atoms with E-state index in [1.807, 2.05) is 57.1 Å². The number of imidazole rings is 2. The van der Waals surface area contributed by atoms with Crippen LogP contribution in [0.25, 0.3) is 16.8 Å². The molecule has 5 rings (SSSR count). The molecule has 10 nitrogen and oxygen atoms in total. The molecule has 5 atom stereocenters. The third-order valence-corrected chi connectivity index (χ3v) is 10.3. The van der Waals surface area contributed by atoms with Gasteiger partial charge in [-0.2, -0.15) is 0 Å². The summed E-state index contributed by atoms with van der Waals surface area (Å²) < 4.78 is 0. The second-order valence-electron chi connectivity index (χ2n) is 14.8. The Hall–Kier alpha value is -3.76. The largest absolute Gasteiger partial charge is 0.345 e. The summed E-state index contributed by atoms with van der Waals surface area (Å²) in [5, 5.41) is 2.96. The minimum Gasteiger partial charge on any atom is -0.345 e. The Morgan fingerprint density at radius 2 is 1.72 bits per heavy atom. The van der Waals surface area contributed by atoms with Crippen molar-refractivity contribution in [2.24, 2.45) is 17.6 Å². The normalized spacial score (nSPS) is 22.1. The van der Waals surface area contributed by atoms with E-state index in [4.69, 9.17) is 10.7 Å². The second kappa shape index (κ2) is 14.2. The average molecular weight is 643 g/mol. The molecule has 2 aromatic heterocycles. The van der Waals surface area contributed by atoms with Crippen LogP contribution < -0.4 is 11.1 Å². The maximum Gasteiger partial charge on any atom is 0.240 e. The van der Waals surface area contributed by atoms with Crippen LogP contribution in [0, 0.1) is 11.8 Å². The lowest BCUT2D eigenvalue weighted by atomic mass is 9.71. The molecule has 1 aliphatic heterocycles. The van der Waals surface area contributed by atoms with Gasteiger partial charge in [0.25, 0.3) is 0 Å². The lowest BCUT2D eigenvalue weighted by molar-refractivity contribution is -0.138. The van der Waals surface area contributed by atoms with E-state index in [0.717, 1.165) is 61.4 Å². The lowest BCUT2D eigenvalue weighted by Crippen LogP contribution is -2.48. The SMILES string of the molecule is CC(C)[C@H](N)C(=O)N[C@@H](C)c1ncc(-c2ccc(C3(C)CC=C(c4cnc([C@@H]5CCCN5C(=O)[C@H](C(C)C)N(C)C)[nH]4)CC3)cc2)[nH]1. The van der Waals surface area contributed by atoms with E-state index < -0.39 is 6.04 Å². The Labute approximate surface area is 280 Å². The van der Waals surface area contributed by atoms with E-state index >= 15 is 0 Å². The van der Waals surface area contributed by atoms with Crippen LogP contribution in [-0.4, -0.2) is 74.3 Å². The number of H-pyrrole nitrogens is 2. The van der Waals surface area contributed by atoms with Gasteiger partial charge < -0.3 is 25.9 Å². The Morgan fingerprint density at radius 1 is 1.02 bits per heavy atom. The molecule has 0 bridgehead atoms. The van der Waals surface area contributed by atoms with E-state index in [-0.39, 0.29) is 47.2 Å². The first-order valence-corrected chi connectivity index (χ1v) is 17.2. The summed E-state index contributed by atoms with van der Waals surface area (Å²) in [5.74, 6) is 1.93. The van der Waals surface area contributed by atoms with Crippen LogP contribution in [0.4, 0.5) is 0 Å². The fourth-order valence-corrected chi connectivity index (χ4v) is 7.16. The maximum absolute atomic E-state index is 13.5. The summed E-state index contributed by atoms with van der Waals surface area (Å²) in [6.07, 6.45) is 11.0. The minimum absolute atomic E-state index is 0.00140. The number of carbonyl (C=O) groups excluding carboxylic acids is 2. The molecule has 5 N–H and O–H groups in total. The Balaban J connectivity index is 1.22. The van der Waals surface area contributed by atoms with E-state index in [9.17, 15) is 9.59 Å². The molecule has 3 heterocycles. The highest BCUT2D eigenvalue weighted by molar-refractivity contribution is 5.83. The van der Waals surface area contributed by atoms with Gasteiger partial charge in [0.05, 0.1) is 47.9 Å². The summed E-state index contributed by atoms with van der Waals surface area (Å²) in [6.45, 7) is 13.1. The van der Waals surface area contributed by atoms with Gasteiger partial charge in [-0.3, -0.25) is 14.5 Å². The third kappa shape index (κ3) is 7.38. The number of hydrogen-bond donors (Lipinski definition) is 4. The van der Waals surface area contributed by atoms with Gasteiger partial charge in [0.15, 0.2) is 0 Å². The van der Waals surface area contributed by atoms with Crippen LogP contribution in [0.5, 0.6) is 0 Å². The third-order valence-electron chi connectivity index (χ3n) is 10.3. The fourth-order valence-electron chi connectivity index (χ4n) is 7.16. The molecule has 2 amide bonds. The standard InChI is InChI=1S/C37H54N8O2/c1-22(2)31(38)35(46)41-24(5)33-39-20-28(42-33)25-11-13-27(14-12-25)37(6)17-15-26(16-18-37)29-21-40-34(43-29)30-10-9-19-45(30)36(47)32(23(3)4)44(7)8/h11-15,20-24,30-32H,9-10,16-19,38H2,1-8H3,(H,39,42)(H,40,43)(H,41,46)/t24-,30-,31-,32-,37?/m0/s1. The van der Waals surface area contributed by atoms with Gasteiger partial charge in [0.1, 0.15) is 11.6 Å². The van der Waals surface area contributed by atoms with Crippen molar-refractivity contribution in [2.75, 3.05) is 20.6 Å². The zero-order valence-electron chi connectivity index (χ0n) is 29.4. The number of nitrogens with two attached hydrogens (primary N) is 1. The maximum atomic E-state index is 13.5. The monoisotopic (exact) mass is 642 g/mol. The molecule has 0 radical (unpaired) electrons. The molecule has 3 aromatic rings. The van der Waals surface area contributed by atoms with Crippen molar-refractivity contribution < 1.29 is 9.59 Å². The average Bonchev–Trinajstić information content (AvgIpc) is 3.82. The number of aromatic nitrogens is 4. The van der Waals surface area contributed by atoms with Crippen LogP contribution in [0.15, 0.2) is 42.7 Å². The van der Waals surface area contributed by atoms with Crippen LogP contribution in [-0.2, 0) is 15.0 Å². The number of aromatic amines is 2. The Kier molecular flexibility index (Phi) is 10.4. The van der Waals surface area contributed by atoms with Crippen molar-refractivity contribution in [3.8, 4) is 11.3 Å². The molecule has 254 valence electrons. The predicted octanol–water partition coefficient (Wildman–Crippen LogP) is 5.74. The molecule has 1 aliphatic carbocycles. The van der Waals surface area contributed by atoms with Crippen molar-refractivity contribution in [1.29, 1.82) is 0 Å². The summed E-state index contributed by atoms with van der Waals surface area (Å²) in [4.78, 5) is 46.3. The van der Waals surface area contributed by atoms with Gasteiger partial charge in [-0.25, -0.2) is 9.97 Å². The van der Waals surface area contributed by atoms with Gasteiger partial charge in [-0.05, 0) is 87.1 Å². The predicted molar refractivity (Wildman–Crippen MR) is 187 cm³/mol. The van der Waals surface area contributed by atoms with E-state index in [0.29, 0.717) is 5.82 Å². The molecule has 47 heavy (non-hydrogen) atoms. The van der Waals surface area contributed by atoms with Crippen LogP contribution in [0.3, 0.4) is 0 Å². The first-order valence-electron chi connectivity index (χ1n) is 17.2. The lowest BCUT2D eigenvalue weighted by Gasteiger charge is -2.34. The van der Waals surface area contributed by atoms with Crippen LogP contribution in [0.1, 0.15) is 109 Å². The van der Waals surface area contributed by atoms with Crippen molar-refractivity contribution in [3.05, 3.63) is 65.6 Å². The summed E-state index contributed by atoms with van der Waals surface area (Å²) in [5.41, 5.74) is 11.7. The summed E-state index contributed by atoms with van der Waals surface area (Å²) >= 11 is 0. The van der Waals surface area contributed by atoms with Crippen LogP contribution >= 0.6 is 0 Å². The van der Waals surface area contributed by atoms with Crippen molar-refractivity contribution in [2.45, 2.75) is 103 Å². The number of nitrogens with zero attached hydrogens (tertiary/aromatic N) is 4. The van der Waals surface area contributed by atoms with Gasteiger partial charge in [-0.15, -0.1) is 0 Å². The van der Waals surface area contributed by atoms with Crippen molar-refractivity contribution >= 4 is 17.4 Å². The molecule has 1 saturated heterocycles. The number of benzene rings is 1. The molecule has 10 heteroatoms. The fraction of sp³-hybridized carbons (Fsp3) is 0.568. The van der Waals surface area contributed by atoms with Crippen molar-refractivity contribution in [1.82, 2.24) is 35.1 Å². The highest BCUT2D eigenvalue weighted by atomic mass is 16.2. The molecule has 2 aliphatic rings. The number of hydrogen-bond acceptors (Lipinski definition) is 6. The number of allylic oxidation sites excluding steroid dienone is 2. The molecular formula is C37H54N8O2. The Bertz CT molecular complexity index is 1560. The van der Waals surface area contributed by atoms with E-state index in [2.05, 4.69) is 71.4 Å². The summed E-state index contributed by atoms with van der Waals surface area (Å²) in [6, 6.07) is 7.78. The number of amides is 2. The smallest absolute Gasteiger partial charge is 0.240 e. The van der Waals surface area contributed by atoms with E-state index in [1.165, 1.54) is 11.1 Å². The van der Waals surface area contributed by atoms with Crippen LogP contribution in [0.2, 0.25) is 0 Å². The first kappa shape index (κ1) is 34.6. The van der Waals surface area contributed by atoms with Gasteiger partial charge >= 0.3 is 0 Å². The molecule has 0 spiro atoms. The van der Waals surface area contributed by atoms with Gasteiger partial charge in [-0.1, -0.05) is 65.0 Å². The zero-order valence-corrected chi connectivity index (χ0v) is 29.4. The molecule has 1 fully saturated rings. The first-order chi connectivity index (χ1) is 22.3. The minimum atomic E-state index is -0.547. The van der Waals surface area contributed by atoms with Crippen molar-refractivity contribution in [3.63, 3.8) is 0 Å². The number of carbonyl (C=O) groups is 2. The molecular weight excluding hydrogens is 588 g/mol. The Morgan fingerprint density at radius 3 is 2.34 bits per heavy atom. The number of rotatable bonds is 11. The van der Waals surface area contributed by atoms with E-state index in [1.54, 1.807) is 0 Å². The molecule has 0 saturated carbocycles. The molecule has 1 unspecified atom stereocenters. The highest BCUT2D eigenvalue weighted by Gasteiger charge is 2.38. The number of likely N-dealkylation sites (tertiary alicyclic amines) is 1.